The van der Waals surface area contributed by atoms with Gasteiger partial charge in [-0.3, -0.25) is 0 Å². The number of hydrogen-bond acceptors (Lipinski definition) is 3. The third-order valence-corrected chi connectivity index (χ3v) is 1.96. The summed E-state index contributed by atoms with van der Waals surface area (Å²) >= 11 is 0. The lowest BCUT2D eigenvalue weighted by Gasteiger charge is -2.09. The Labute approximate surface area is 83.0 Å². The SMILES string of the molecule is CCOc1ccc(OP(C)(=O)O)cc1. The van der Waals surface area contributed by atoms with Gasteiger partial charge in [0, 0.05) is 6.66 Å². The average molecular weight is 216 g/mol. The standard InChI is InChI=1S/C9H13O4P/c1-3-12-8-4-6-9(7-5-8)13-14(2,10)11/h4-7H,3H2,1-2H3,(H,10,11). The predicted molar refractivity (Wildman–Crippen MR) is 54.0 cm³/mol. The van der Waals surface area contributed by atoms with Crippen LogP contribution in [0.2, 0.25) is 0 Å². The predicted octanol–water partition coefficient (Wildman–Crippen LogP) is 2.28. The van der Waals surface area contributed by atoms with Crippen LogP contribution in [-0.2, 0) is 4.57 Å². The molecule has 1 N–H and O–H groups in total. The molecule has 0 spiro atoms. The molecule has 0 aliphatic rings. The zero-order valence-corrected chi connectivity index (χ0v) is 9.03. The van der Waals surface area contributed by atoms with Crippen molar-refractivity contribution < 1.29 is 18.7 Å². The van der Waals surface area contributed by atoms with Crippen LogP contribution >= 0.6 is 7.60 Å². The summed E-state index contributed by atoms with van der Waals surface area (Å²) in [5, 5.41) is 0. The van der Waals surface area contributed by atoms with Gasteiger partial charge in [0.05, 0.1) is 6.61 Å². The van der Waals surface area contributed by atoms with Gasteiger partial charge in [0.2, 0.25) is 0 Å². The second-order valence-corrected chi connectivity index (χ2v) is 4.59. The quantitative estimate of drug-likeness (QED) is 0.784. The lowest BCUT2D eigenvalue weighted by atomic mass is 10.3. The van der Waals surface area contributed by atoms with Gasteiger partial charge in [-0.25, -0.2) is 4.57 Å². The molecule has 14 heavy (non-hydrogen) atoms. The van der Waals surface area contributed by atoms with Crippen molar-refractivity contribution in [3.8, 4) is 11.5 Å². The number of benzene rings is 1. The van der Waals surface area contributed by atoms with E-state index < -0.39 is 7.60 Å². The summed E-state index contributed by atoms with van der Waals surface area (Å²) in [6, 6.07) is 6.57. The van der Waals surface area contributed by atoms with Gasteiger partial charge in [0.1, 0.15) is 11.5 Å². The zero-order valence-electron chi connectivity index (χ0n) is 8.14. The summed E-state index contributed by atoms with van der Waals surface area (Å²) in [4.78, 5) is 8.95. The maximum atomic E-state index is 10.9. The van der Waals surface area contributed by atoms with Gasteiger partial charge in [-0.1, -0.05) is 0 Å². The van der Waals surface area contributed by atoms with Crippen molar-refractivity contribution >= 4 is 7.60 Å². The number of hydrogen-bond donors (Lipinski definition) is 1. The number of ether oxygens (including phenoxy) is 1. The first-order valence-corrected chi connectivity index (χ1v) is 6.26. The van der Waals surface area contributed by atoms with Crippen LogP contribution in [0.5, 0.6) is 11.5 Å². The van der Waals surface area contributed by atoms with E-state index in [1.54, 1.807) is 24.3 Å². The second kappa shape index (κ2) is 4.49. The first-order chi connectivity index (χ1) is 6.51. The van der Waals surface area contributed by atoms with Crippen molar-refractivity contribution in [3.63, 3.8) is 0 Å². The summed E-state index contributed by atoms with van der Waals surface area (Å²) in [6.45, 7) is 3.62. The van der Waals surface area contributed by atoms with Gasteiger partial charge in [-0.05, 0) is 31.2 Å². The third-order valence-electron chi connectivity index (χ3n) is 1.41. The maximum absolute atomic E-state index is 10.9. The van der Waals surface area contributed by atoms with E-state index in [0.29, 0.717) is 18.1 Å². The molecule has 0 aliphatic carbocycles. The Morgan fingerprint density at radius 3 is 2.21 bits per heavy atom. The first-order valence-electron chi connectivity index (χ1n) is 4.24. The Bertz CT molecular complexity index is 327. The minimum Gasteiger partial charge on any atom is -0.494 e. The summed E-state index contributed by atoms with van der Waals surface area (Å²) < 4.78 is 20.9. The van der Waals surface area contributed by atoms with Crippen LogP contribution in [0, 0.1) is 0 Å². The Kier molecular flexibility index (Phi) is 3.55. The molecule has 78 valence electrons. The van der Waals surface area contributed by atoms with Crippen molar-refractivity contribution in [1.82, 2.24) is 0 Å². The number of rotatable bonds is 4. The molecule has 0 heterocycles. The maximum Gasteiger partial charge on any atom is 0.373 e. The lowest BCUT2D eigenvalue weighted by Crippen LogP contribution is -1.92. The van der Waals surface area contributed by atoms with Gasteiger partial charge in [-0.2, -0.15) is 0 Å². The normalized spacial score (nSPS) is 14.5. The van der Waals surface area contributed by atoms with E-state index in [1.165, 1.54) is 0 Å². The minimum absolute atomic E-state index is 0.363. The Hall–Kier alpha value is -0.990. The highest BCUT2D eigenvalue weighted by atomic mass is 31.2. The Morgan fingerprint density at radius 2 is 1.79 bits per heavy atom. The van der Waals surface area contributed by atoms with Crippen LogP contribution in [-0.4, -0.2) is 18.2 Å². The van der Waals surface area contributed by atoms with E-state index in [0.717, 1.165) is 6.66 Å². The molecule has 1 atom stereocenters. The summed E-state index contributed by atoms with van der Waals surface area (Å²) in [5.41, 5.74) is 0. The smallest absolute Gasteiger partial charge is 0.373 e. The van der Waals surface area contributed by atoms with E-state index in [2.05, 4.69) is 0 Å². The summed E-state index contributed by atoms with van der Waals surface area (Å²) in [5.74, 6) is 1.07. The van der Waals surface area contributed by atoms with Crippen molar-refractivity contribution in [2.24, 2.45) is 0 Å². The largest absolute Gasteiger partial charge is 0.494 e. The Morgan fingerprint density at radius 1 is 1.29 bits per heavy atom. The van der Waals surface area contributed by atoms with Gasteiger partial charge in [0.25, 0.3) is 0 Å². The third kappa shape index (κ3) is 3.81. The topological polar surface area (TPSA) is 55.8 Å². The Balaban J connectivity index is 2.69. The van der Waals surface area contributed by atoms with E-state index in [1.807, 2.05) is 6.92 Å². The van der Waals surface area contributed by atoms with E-state index in [-0.39, 0.29) is 0 Å². The van der Waals surface area contributed by atoms with E-state index in [4.69, 9.17) is 14.2 Å². The van der Waals surface area contributed by atoms with Gasteiger partial charge >= 0.3 is 7.60 Å². The van der Waals surface area contributed by atoms with Crippen LogP contribution in [0.4, 0.5) is 0 Å². The molecule has 0 aromatic heterocycles. The molecule has 1 rings (SSSR count). The zero-order chi connectivity index (χ0) is 10.6. The van der Waals surface area contributed by atoms with Crippen LogP contribution in [0.1, 0.15) is 6.92 Å². The fraction of sp³-hybridized carbons (Fsp3) is 0.333. The van der Waals surface area contributed by atoms with Crippen LogP contribution < -0.4 is 9.26 Å². The molecule has 5 heteroatoms. The van der Waals surface area contributed by atoms with Crippen molar-refractivity contribution in [2.45, 2.75) is 6.92 Å². The van der Waals surface area contributed by atoms with Crippen LogP contribution in [0.3, 0.4) is 0 Å². The molecule has 0 saturated carbocycles. The summed E-state index contributed by atoms with van der Waals surface area (Å²) in [7, 11) is -3.46. The van der Waals surface area contributed by atoms with Crippen molar-refractivity contribution in [1.29, 1.82) is 0 Å². The van der Waals surface area contributed by atoms with Crippen molar-refractivity contribution in [3.05, 3.63) is 24.3 Å². The minimum atomic E-state index is -3.46. The molecule has 1 unspecified atom stereocenters. The molecule has 0 bridgehead atoms. The molecule has 0 fully saturated rings. The fourth-order valence-corrected chi connectivity index (χ4v) is 1.47. The van der Waals surface area contributed by atoms with Crippen molar-refractivity contribution in [2.75, 3.05) is 13.3 Å². The molecule has 1 aromatic rings. The second-order valence-electron chi connectivity index (χ2n) is 2.80. The molecular weight excluding hydrogens is 203 g/mol. The van der Waals surface area contributed by atoms with Gasteiger partial charge < -0.3 is 14.2 Å². The van der Waals surface area contributed by atoms with Crippen LogP contribution in [0.15, 0.2) is 24.3 Å². The highest BCUT2D eigenvalue weighted by Gasteiger charge is 2.11. The van der Waals surface area contributed by atoms with E-state index >= 15 is 0 Å². The molecule has 0 radical (unpaired) electrons. The highest BCUT2D eigenvalue weighted by molar-refractivity contribution is 7.52. The van der Waals surface area contributed by atoms with E-state index in [9.17, 15) is 4.57 Å². The first kappa shape index (κ1) is 11.1. The summed E-state index contributed by atoms with van der Waals surface area (Å²) in [6.07, 6.45) is 0. The molecule has 4 nitrogen and oxygen atoms in total. The average Bonchev–Trinajstić information content (AvgIpc) is 2.06. The van der Waals surface area contributed by atoms with Gasteiger partial charge in [0.15, 0.2) is 0 Å². The van der Waals surface area contributed by atoms with Gasteiger partial charge in [-0.15, -0.1) is 0 Å². The molecule has 1 aromatic carbocycles. The van der Waals surface area contributed by atoms with Crippen LogP contribution in [0.25, 0.3) is 0 Å². The monoisotopic (exact) mass is 216 g/mol. The molecule has 0 aliphatic heterocycles. The molecular formula is C9H13O4P. The fourth-order valence-electron chi connectivity index (χ4n) is 0.959. The molecule has 0 amide bonds. The lowest BCUT2D eigenvalue weighted by molar-refractivity contribution is 0.339. The molecule has 0 saturated heterocycles. The highest BCUT2D eigenvalue weighted by Crippen LogP contribution is 2.38.